The van der Waals surface area contributed by atoms with Crippen LogP contribution in [0.25, 0.3) is 11.3 Å². The van der Waals surface area contributed by atoms with Crippen molar-refractivity contribution in [2.45, 2.75) is 13.0 Å². The van der Waals surface area contributed by atoms with Crippen LogP contribution >= 0.6 is 23.2 Å². The van der Waals surface area contributed by atoms with Gasteiger partial charge in [-0.2, -0.15) is 0 Å². The first kappa shape index (κ1) is 23.7. The maximum atomic E-state index is 13.0. The van der Waals surface area contributed by atoms with Crippen LogP contribution in [0.2, 0.25) is 10.0 Å². The average molecular weight is 477 g/mol. The number of amides is 2. The first-order valence-electron chi connectivity index (χ1n) is 9.85. The lowest BCUT2D eigenvalue weighted by atomic mass is 10.1. The second kappa shape index (κ2) is 11.6. The minimum atomic E-state index is -0.375. The van der Waals surface area contributed by atoms with E-state index in [2.05, 4.69) is 15.5 Å². The van der Waals surface area contributed by atoms with Crippen molar-refractivity contribution in [2.75, 3.05) is 26.8 Å². The Bertz CT molecular complexity index is 1060. The number of methoxy groups -OCH3 is 1. The van der Waals surface area contributed by atoms with Crippen molar-refractivity contribution < 1.29 is 18.8 Å². The molecule has 0 atom stereocenters. The number of hydrogen-bond donors (Lipinski definition) is 1. The largest absolute Gasteiger partial charge is 0.383 e. The summed E-state index contributed by atoms with van der Waals surface area (Å²) in [5.74, 6) is -0.228. The van der Waals surface area contributed by atoms with Crippen LogP contribution in [0.3, 0.4) is 0 Å². The summed E-state index contributed by atoms with van der Waals surface area (Å²) in [6.07, 6.45) is 1.78. The number of ether oxygens (including phenoxy) is 1. The number of nitrogens with zero attached hydrogens (tertiary/aromatic N) is 3. The summed E-state index contributed by atoms with van der Waals surface area (Å²) in [6, 6.07) is 11.9. The minimum Gasteiger partial charge on any atom is -0.383 e. The lowest BCUT2D eigenvalue weighted by molar-refractivity contribution is -0.121. The van der Waals surface area contributed by atoms with E-state index in [1.165, 1.54) is 11.0 Å². The van der Waals surface area contributed by atoms with Gasteiger partial charge in [-0.15, -0.1) is 0 Å². The van der Waals surface area contributed by atoms with Gasteiger partial charge in [0, 0.05) is 49.5 Å². The molecule has 0 spiro atoms. The highest BCUT2D eigenvalue weighted by Gasteiger charge is 2.22. The van der Waals surface area contributed by atoms with Crippen molar-refractivity contribution in [3.8, 4) is 11.3 Å². The van der Waals surface area contributed by atoms with E-state index in [0.29, 0.717) is 41.1 Å². The molecule has 0 saturated carbocycles. The Hall–Kier alpha value is -2.94. The van der Waals surface area contributed by atoms with Crippen molar-refractivity contribution in [3.63, 3.8) is 0 Å². The maximum absolute atomic E-state index is 13.0. The zero-order valence-electron chi connectivity index (χ0n) is 17.4. The fraction of sp³-hybridized carbons (Fsp3) is 0.273. The third-order valence-electron chi connectivity index (χ3n) is 4.58. The highest BCUT2D eigenvalue weighted by Crippen LogP contribution is 2.30. The molecule has 2 amide bonds. The molecule has 3 rings (SSSR count). The number of aromatic nitrogens is 2. The highest BCUT2D eigenvalue weighted by atomic mass is 35.5. The number of hydrogen-bond acceptors (Lipinski definition) is 6. The minimum absolute atomic E-state index is 0.107. The van der Waals surface area contributed by atoms with Crippen molar-refractivity contribution in [2.24, 2.45) is 0 Å². The number of nitrogens with one attached hydrogen (secondary N) is 1. The topological polar surface area (TPSA) is 97.6 Å². The third kappa shape index (κ3) is 6.53. The van der Waals surface area contributed by atoms with Crippen LogP contribution in [0, 0.1) is 0 Å². The van der Waals surface area contributed by atoms with Gasteiger partial charge in [0.1, 0.15) is 0 Å². The van der Waals surface area contributed by atoms with Gasteiger partial charge in [-0.3, -0.25) is 14.6 Å². The van der Waals surface area contributed by atoms with Crippen LogP contribution in [0.15, 0.2) is 53.2 Å². The van der Waals surface area contributed by atoms with E-state index in [4.69, 9.17) is 32.5 Å². The van der Waals surface area contributed by atoms with Crippen LogP contribution in [0.4, 0.5) is 0 Å². The molecule has 2 heterocycles. The predicted octanol–water partition coefficient (Wildman–Crippen LogP) is 3.84. The summed E-state index contributed by atoms with van der Waals surface area (Å²) < 4.78 is 10.4. The molecule has 1 N–H and O–H groups in total. The fourth-order valence-corrected chi connectivity index (χ4v) is 3.39. The molecule has 1 aromatic carbocycles. The van der Waals surface area contributed by atoms with E-state index in [0.717, 1.165) is 5.69 Å². The van der Waals surface area contributed by atoms with Crippen LogP contribution in [0.5, 0.6) is 0 Å². The second-order valence-corrected chi connectivity index (χ2v) is 7.68. The monoisotopic (exact) mass is 476 g/mol. The van der Waals surface area contributed by atoms with Crippen LogP contribution in [0.1, 0.15) is 22.6 Å². The molecule has 2 aromatic heterocycles. The summed E-state index contributed by atoms with van der Waals surface area (Å²) in [5.41, 5.74) is 1.43. The smallest absolute Gasteiger partial charge is 0.276 e. The Labute approximate surface area is 195 Å². The van der Waals surface area contributed by atoms with E-state index < -0.39 is 0 Å². The van der Waals surface area contributed by atoms with Gasteiger partial charge in [0.25, 0.3) is 5.91 Å². The molecule has 0 aliphatic carbocycles. The van der Waals surface area contributed by atoms with Gasteiger partial charge in [-0.05, 0) is 30.3 Å². The molecule has 10 heteroatoms. The number of pyridine rings is 1. The molecule has 168 valence electrons. The molecular weight excluding hydrogens is 455 g/mol. The molecule has 3 aromatic rings. The Morgan fingerprint density at radius 2 is 2.00 bits per heavy atom. The lowest BCUT2D eigenvalue weighted by Crippen LogP contribution is -2.37. The van der Waals surface area contributed by atoms with Crippen LogP contribution in [-0.2, 0) is 16.1 Å². The molecule has 0 unspecified atom stereocenters. The first-order valence-corrected chi connectivity index (χ1v) is 10.6. The number of carbonyl (C=O) groups is 2. The van der Waals surface area contributed by atoms with Gasteiger partial charge in [-0.1, -0.05) is 34.4 Å². The van der Waals surface area contributed by atoms with E-state index in [9.17, 15) is 9.59 Å². The normalized spacial score (nSPS) is 10.7. The van der Waals surface area contributed by atoms with Gasteiger partial charge in [0.2, 0.25) is 5.91 Å². The summed E-state index contributed by atoms with van der Waals surface area (Å²) in [6.45, 7) is 1.13. The SMILES string of the molecule is COCCN(CCC(=O)NCc1ccccn1)C(=O)c1cc(-c2ccc(Cl)cc2Cl)on1. The molecule has 0 saturated heterocycles. The molecule has 0 radical (unpaired) electrons. The third-order valence-corrected chi connectivity index (χ3v) is 5.13. The Balaban J connectivity index is 1.63. The summed E-state index contributed by atoms with van der Waals surface area (Å²) >= 11 is 12.1. The lowest BCUT2D eigenvalue weighted by Gasteiger charge is -2.21. The average Bonchev–Trinajstić information content (AvgIpc) is 3.28. The summed E-state index contributed by atoms with van der Waals surface area (Å²) in [5, 5.41) is 7.55. The number of rotatable bonds is 10. The number of benzene rings is 1. The molecule has 8 nitrogen and oxygen atoms in total. The number of halogens is 2. The Morgan fingerprint density at radius 1 is 1.16 bits per heavy atom. The van der Waals surface area contributed by atoms with Gasteiger partial charge in [0.15, 0.2) is 11.5 Å². The van der Waals surface area contributed by atoms with Gasteiger partial charge >= 0.3 is 0 Å². The quantitative estimate of drug-likeness (QED) is 0.477. The van der Waals surface area contributed by atoms with Gasteiger partial charge in [0.05, 0.1) is 23.9 Å². The van der Waals surface area contributed by atoms with Crippen LogP contribution in [-0.4, -0.2) is 53.7 Å². The van der Waals surface area contributed by atoms with Crippen molar-refractivity contribution in [1.82, 2.24) is 20.4 Å². The maximum Gasteiger partial charge on any atom is 0.276 e. The standard InChI is InChI=1S/C22H22Cl2N4O4/c1-31-11-10-28(9-7-21(29)26-14-16-4-2-3-8-25-16)22(30)19-13-20(32-27-19)17-6-5-15(23)12-18(17)24/h2-6,8,12-13H,7,9-11,14H2,1H3,(H,26,29). The summed E-state index contributed by atoms with van der Waals surface area (Å²) in [7, 11) is 1.54. The van der Waals surface area contributed by atoms with E-state index in [1.54, 1.807) is 37.6 Å². The zero-order chi connectivity index (χ0) is 22.9. The molecule has 0 aliphatic heterocycles. The van der Waals surface area contributed by atoms with Crippen molar-refractivity contribution in [3.05, 3.63) is 70.1 Å². The van der Waals surface area contributed by atoms with E-state index in [-0.39, 0.29) is 30.5 Å². The predicted molar refractivity (Wildman–Crippen MR) is 120 cm³/mol. The molecule has 0 bridgehead atoms. The van der Waals surface area contributed by atoms with Crippen LogP contribution < -0.4 is 5.32 Å². The second-order valence-electron chi connectivity index (χ2n) is 6.83. The molecule has 0 aliphatic rings. The van der Waals surface area contributed by atoms with E-state index >= 15 is 0 Å². The van der Waals surface area contributed by atoms with Gasteiger partial charge < -0.3 is 19.5 Å². The van der Waals surface area contributed by atoms with E-state index in [1.807, 2.05) is 12.1 Å². The Kier molecular flexibility index (Phi) is 8.61. The fourth-order valence-electron chi connectivity index (χ4n) is 2.89. The van der Waals surface area contributed by atoms with Crippen molar-refractivity contribution in [1.29, 1.82) is 0 Å². The first-order chi connectivity index (χ1) is 15.5. The molecular formula is C22H22Cl2N4O4. The van der Waals surface area contributed by atoms with Crippen molar-refractivity contribution >= 4 is 35.0 Å². The molecule has 32 heavy (non-hydrogen) atoms. The highest BCUT2D eigenvalue weighted by molar-refractivity contribution is 6.36. The van der Waals surface area contributed by atoms with Gasteiger partial charge in [-0.25, -0.2) is 0 Å². The number of carbonyl (C=O) groups excluding carboxylic acids is 2. The molecule has 0 fully saturated rings. The summed E-state index contributed by atoms with van der Waals surface area (Å²) in [4.78, 5) is 30.9. The Morgan fingerprint density at radius 3 is 2.72 bits per heavy atom. The zero-order valence-corrected chi connectivity index (χ0v) is 18.9.